The largest absolute Gasteiger partial charge is 0.304 e. The summed E-state index contributed by atoms with van der Waals surface area (Å²) in [5.74, 6) is -0.841. The third-order valence-electron chi connectivity index (χ3n) is 5.56. The van der Waals surface area contributed by atoms with Gasteiger partial charge in [-0.1, -0.05) is 30.3 Å². The number of piperazine rings is 1. The van der Waals surface area contributed by atoms with Gasteiger partial charge in [0.15, 0.2) is 0 Å². The predicted octanol–water partition coefficient (Wildman–Crippen LogP) is 2.89. The summed E-state index contributed by atoms with van der Waals surface area (Å²) in [6, 6.07) is 12.0. The molecule has 5 nitrogen and oxygen atoms in total. The highest BCUT2D eigenvalue weighted by atomic mass is 19.1. The maximum atomic E-state index is 14.5. The number of carbonyl (C=O) groups excluding carboxylic acids is 1. The molecule has 0 aromatic heterocycles. The summed E-state index contributed by atoms with van der Waals surface area (Å²) in [7, 11) is 2.06. The normalized spacial score (nSPS) is 20.7. The summed E-state index contributed by atoms with van der Waals surface area (Å²) >= 11 is 0. The van der Waals surface area contributed by atoms with E-state index in [1.807, 2.05) is 0 Å². The molecule has 0 bridgehead atoms. The summed E-state index contributed by atoms with van der Waals surface area (Å²) in [6.45, 7) is 3.70. The Morgan fingerprint density at radius 2 is 1.72 bits per heavy atom. The molecule has 1 fully saturated rings. The van der Waals surface area contributed by atoms with Gasteiger partial charge in [-0.05, 0) is 30.8 Å². The number of nitrogens with zero attached hydrogens (tertiary/aromatic N) is 4. The van der Waals surface area contributed by atoms with Gasteiger partial charge in [0.2, 0.25) is 0 Å². The SMILES string of the molecule is CN1CCN(CC(=O)N2N=C(c3ccc(F)cc3)C[C@H]2c2ccccc2F)CC1. The fourth-order valence-electron chi connectivity index (χ4n) is 3.81. The molecule has 152 valence electrons. The molecule has 29 heavy (non-hydrogen) atoms. The average molecular weight is 398 g/mol. The van der Waals surface area contributed by atoms with E-state index in [0.29, 0.717) is 17.7 Å². The van der Waals surface area contributed by atoms with Gasteiger partial charge in [-0.2, -0.15) is 5.10 Å². The number of hydrogen-bond donors (Lipinski definition) is 0. The van der Waals surface area contributed by atoms with Crippen LogP contribution < -0.4 is 0 Å². The molecule has 2 aromatic carbocycles. The predicted molar refractivity (Wildman–Crippen MR) is 107 cm³/mol. The molecule has 7 heteroatoms. The van der Waals surface area contributed by atoms with Gasteiger partial charge in [0.1, 0.15) is 11.6 Å². The molecule has 0 aliphatic carbocycles. The van der Waals surface area contributed by atoms with E-state index in [1.54, 1.807) is 30.3 Å². The molecule has 0 spiro atoms. The van der Waals surface area contributed by atoms with Crippen molar-refractivity contribution in [1.82, 2.24) is 14.8 Å². The number of rotatable bonds is 4. The third kappa shape index (κ3) is 4.36. The van der Waals surface area contributed by atoms with Crippen LogP contribution in [0.15, 0.2) is 53.6 Å². The maximum Gasteiger partial charge on any atom is 0.257 e. The lowest BCUT2D eigenvalue weighted by Crippen LogP contribution is -2.48. The van der Waals surface area contributed by atoms with Crippen LogP contribution in [0.2, 0.25) is 0 Å². The zero-order chi connectivity index (χ0) is 20.4. The molecule has 1 saturated heterocycles. The molecule has 1 atom stereocenters. The van der Waals surface area contributed by atoms with E-state index in [9.17, 15) is 13.6 Å². The molecule has 0 unspecified atom stereocenters. The molecule has 2 aliphatic heterocycles. The summed E-state index contributed by atoms with van der Waals surface area (Å²) in [4.78, 5) is 17.4. The Kier molecular flexibility index (Phi) is 5.69. The third-order valence-corrected chi connectivity index (χ3v) is 5.56. The van der Waals surface area contributed by atoms with E-state index in [1.165, 1.54) is 23.2 Å². The minimum absolute atomic E-state index is 0.153. The molecule has 2 aliphatic rings. The Balaban J connectivity index is 1.59. The van der Waals surface area contributed by atoms with Crippen LogP contribution in [-0.2, 0) is 4.79 Å². The van der Waals surface area contributed by atoms with Crippen LogP contribution in [0.1, 0.15) is 23.6 Å². The standard InChI is InChI=1S/C22H24F2N4O/c1-26-10-12-27(13-11-26)15-22(29)28-21(18-4-2-3-5-19(18)24)14-20(25-28)16-6-8-17(23)9-7-16/h2-9,21H,10-15H2,1H3/t21-/m0/s1. The number of carbonyl (C=O) groups is 1. The summed E-state index contributed by atoms with van der Waals surface area (Å²) < 4.78 is 27.8. The topological polar surface area (TPSA) is 39.1 Å². The number of benzene rings is 2. The highest BCUT2D eigenvalue weighted by Gasteiger charge is 2.35. The van der Waals surface area contributed by atoms with Gasteiger partial charge in [0.25, 0.3) is 5.91 Å². The van der Waals surface area contributed by atoms with Crippen LogP contribution in [0.5, 0.6) is 0 Å². The first-order valence-electron chi connectivity index (χ1n) is 9.82. The zero-order valence-electron chi connectivity index (χ0n) is 16.4. The van der Waals surface area contributed by atoms with Gasteiger partial charge < -0.3 is 4.90 Å². The summed E-state index contributed by atoms with van der Waals surface area (Å²) in [6.07, 6.45) is 0.390. The molecule has 2 heterocycles. The lowest BCUT2D eigenvalue weighted by atomic mass is 9.98. The van der Waals surface area contributed by atoms with Crippen molar-refractivity contribution >= 4 is 11.6 Å². The van der Waals surface area contributed by atoms with E-state index in [-0.39, 0.29) is 24.1 Å². The van der Waals surface area contributed by atoms with Crippen LogP contribution in [0.25, 0.3) is 0 Å². The van der Waals surface area contributed by atoms with Crippen LogP contribution in [0, 0.1) is 11.6 Å². The van der Waals surface area contributed by atoms with Gasteiger partial charge in [-0.15, -0.1) is 0 Å². The average Bonchev–Trinajstić information content (AvgIpc) is 3.16. The fraction of sp³-hybridized carbons (Fsp3) is 0.364. The van der Waals surface area contributed by atoms with Crippen molar-refractivity contribution in [2.45, 2.75) is 12.5 Å². The zero-order valence-corrected chi connectivity index (χ0v) is 16.4. The second-order valence-electron chi connectivity index (χ2n) is 7.61. The van der Waals surface area contributed by atoms with Crippen LogP contribution >= 0.6 is 0 Å². The molecular formula is C22H24F2N4O. The monoisotopic (exact) mass is 398 g/mol. The first kappa shape index (κ1) is 19.7. The minimum atomic E-state index is -0.504. The second-order valence-corrected chi connectivity index (χ2v) is 7.61. The highest BCUT2D eigenvalue weighted by Crippen LogP contribution is 2.34. The molecule has 0 N–H and O–H groups in total. The smallest absolute Gasteiger partial charge is 0.257 e. The summed E-state index contributed by atoms with van der Waals surface area (Å²) in [5, 5.41) is 5.95. The van der Waals surface area contributed by atoms with E-state index >= 15 is 0 Å². The minimum Gasteiger partial charge on any atom is -0.304 e. The first-order valence-corrected chi connectivity index (χ1v) is 9.82. The van der Waals surface area contributed by atoms with Crippen molar-refractivity contribution in [3.63, 3.8) is 0 Å². The van der Waals surface area contributed by atoms with E-state index in [4.69, 9.17) is 0 Å². The Morgan fingerprint density at radius 1 is 1.03 bits per heavy atom. The van der Waals surface area contributed by atoms with E-state index in [2.05, 4.69) is 21.9 Å². The van der Waals surface area contributed by atoms with Crippen LogP contribution in [-0.4, -0.2) is 66.2 Å². The first-order chi connectivity index (χ1) is 14.0. The molecule has 2 aromatic rings. The second kappa shape index (κ2) is 8.39. The Bertz CT molecular complexity index is 907. The van der Waals surface area contributed by atoms with Crippen LogP contribution in [0.3, 0.4) is 0 Å². The van der Waals surface area contributed by atoms with Crippen molar-refractivity contribution in [3.05, 3.63) is 71.3 Å². The van der Waals surface area contributed by atoms with Crippen molar-refractivity contribution < 1.29 is 13.6 Å². The van der Waals surface area contributed by atoms with Gasteiger partial charge >= 0.3 is 0 Å². The van der Waals surface area contributed by atoms with Crippen molar-refractivity contribution in [3.8, 4) is 0 Å². The lowest BCUT2D eigenvalue weighted by molar-refractivity contribution is -0.134. The summed E-state index contributed by atoms with van der Waals surface area (Å²) in [5.41, 5.74) is 1.84. The highest BCUT2D eigenvalue weighted by molar-refractivity contribution is 6.03. The van der Waals surface area contributed by atoms with E-state index < -0.39 is 6.04 Å². The molecule has 4 rings (SSSR count). The van der Waals surface area contributed by atoms with Crippen LogP contribution in [0.4, 0.5) is 8.78 Å². The number of amides is 1. The van der Waals surface area contributed by atoms with Crippen molar-refractivity contribution in [1.29, 1.82) is 0 Å². The van der Waals surface area contributed by atoms with Crippen molar-refractivity contribution in [2.24, 2.45) is 5.10 Å². The van der Waals surface area contributed by atoms with Crippen molar-refractivity contribution in [2.75, 3.05) is 39.8 Å². The van der Waals surface area contributed by atoms with Gasteiger partial charge in [-0.3, -0.25) is 9.69 Å². The fourth-order valence-corrected chi connectivity index (χ4v) is 3.81. The quantitative estimate of drug-likeness (QED) is 0.795. The van der Waals surface area contributed by atoms with Gasteiger partial charge in [0, 0.05) is 38.2 Å². The number of halogens is 2. The molecular weight excluding hydrogens is 374 g/mol. The number of hydrogen-bond acceptors (Lipinski definition) is 4. The Labute approximate surface area is 169 Å². The van der Waals surface area contributed by atoms with E-state index in [0.717, 1.165) is 31.7 Å². The lowest BCUT2D eigenvalue weighted by Gasteiger charge is -2.33. The Morgan fingerprint density at radius 3 is 2.41 bits per heavy atom. The number of hydrazone groups is 1. The number of likely N-dealkylation sites (N-methyl/N-ethyl adjacent to an activating group) is 1. The molecule has 1 amide bonds. The maximum absolute atomic E-state index is 14.5. The molecule has 0 radical (unpaired) electrons. The Hall–Kier alpha value is -2.64. The van der Waals surface area contributed by atoms with Gasteiger partial charge in [-0.25, -0.2) is 13.8 Å². The van der Waals surface area contributed by atoms with Gasteiger partial charge in [0.05, 0.1) is 18.3 Å². The molecule has 0 saturated carbocycles.